The Hall–Kier alpha value is -8.50. The molecule has 6 N–H and O–H groups in total. The summed E-state index contributed by atoms with van der Waals surface area (Å²) in [6.45, 7) is -0.855. The van der Waals surface area contributed by atoms with Gasteiger partial charge in [-0.1, -0.05) is 60.7 Å². The number of nitrogens with two attached hydrogens (primary N) is 2. The molecule has 0 aliphatic heterocycles. The Labute approximate surface area is 457 Å². The monoisotopic (exact) mass is 1140 g/mol. The summed E-state index contributed by atoms with van der Waals surface area (Å²) in [6, 6.07) is 34.8. The lowest BCUT2D eigenvalue weighted by Gasteiger charge is -2.40. The molecule has 0 fully saturated rings. The van der Waals surface area contributed by atoms with Crippen LogP contribution in [0.5, 0.6) is 23.0 Å². The molecule has 0 aliphatic rings. The van der Waals surface area contributed by atoms with Crippen LogP contribution < -0.4 is 30.4 Å². The van der Waals surface area contributed by atoms with Crippen molar-refractivity contribution in [3.8, 4) is 23.0 Å². The average Bonchev–Trinajstić information content (AvgIpc) is 3.56. The number of alkyl halides is 10. The van der Waals surface area contributed by atoms with Gasteiger partial charge in [-0.3, -0.25) is 9.59 Å². The van der Waals surface area contributed by atoms with Crippen LogP contribution in [0.3, 0.4) is 0 Å². The summed E-state index contributed by atoms with van der Waals surface area (Å²) < 4.78 is 148. The van der Waals surface area contributed by atoms with Gasteiger partial charge in [0.1, 0.15) is 35.2 Å². The van der Waals surface area contributed by atoms with Crippen LogP contribution in [0.15, 0.2) is 158 Å². The van der Waals surface area contributed by atoms with Crippen molar-refractivity contribution in [2.45, 2.75) is 74.9 Å². The van der Waals surface area contributed by atoms with Gasteiger partial charge in [-0.25, -0.2) is 9.59 Å². The van der Waals surface area contributed by atoms with E-state index >= 15 is 0 Å². The lowest BCUT2D eigenvalue weighted by molar-refractivity contribution is -0.284. The van der Waals surface area contributed by atoms with Gasteiger partial charge in [0.05, 0.1) is 24.3 Å². The van der Waals surface area contributed by atoms with Crippen molar-refractivity contribution in [2.75, 3.05) is 24.7 Å². The highest BCUT2D eigenvalue weighted by Gasteiger charge is 2.57. The van der Waals surface area contributed by atoms with Crippen LogP contribution in [-0.4, -0.2) is 83.3 Å². The van der Waals surface area contributed by atoms with Gasteiger partial charge in [-0.05, 0) is 157 Å². The van der Waals surface area contributed by atoms with E-state index in [0.717, 1.165) is 12.2 Å². The Morgan fingerprint density at radius 1 is 0.444 bits per heavy atom. The molecule has 0 aromatic heterocycles. The summed E-state index contributed by atoms with van der Waals surface area (Å²) in [4.78, 5) is 54.3. The van der Waals surface area contributed by atoms with E-state index in [1.54, 1.807) is 48.5 Å². The minimum atomic E-state index is -5.67. The zero-order valence-corrected chi connectivity index (χ0v) is 42.6. The quantitative estimate of drug-likeness (QED) is 0.0100. The smallest absolute Gasteiger partial charge is 0.453 e. The van der Waals surface area contributed by atoms with E-state index < -0.39 is 104 Å². The first kappa shape index (κ1) is 61.7. The standard InChI is InChI=1S/C59H52F10N2O10/c60-56(61,58(64,65)66)31-1-33-78-45-21-25-47(26-22-45)80-53(76)41-13-3-37(4-14-41)11-29-49(72)51(74)55(35-39-7-17-43(70)18-8-39,36-40-9-19-44(71)20-10-40)52(75)50(73)30-12-38-5-15-42(16-6-38)54(77)81-48-27-23-46(24-28-48)79-34-2-32-57(62,63)59(67,68)69/h3-30,51-52,74-75H,1-2,31-36,70-71H2/b29-11+,30-12+. The zero-order chi connectivity index (χ0) is 59.2. The van der Waals surface area contributed by atoms with Gasteiger partial charge in [0, 0.05) is 29.6 Å². The number of aliphatic hydroxyl groups excluding tert-OH is 2. The number of rotatable bonds is 26. The molecule has 0 saturated carbocycles. The van der Waals surface area contributed by atoms with Crippen molar-refractivity contribution in [3.05, 3.63) is 191 Å². The van der Waals surface area contributed by atoms with E-state index in [1.165, 1.54) is 109 Å². The SMILES string of the molecule is Nc1ccc(CC(Cc2ccc(N)cc2)(C(O)C(=O)/C=C/c2ccc(C(=O)Oc3ccc(OCCCC(F)(F)C(F)(F)F)cc3)cc2)C(O)C(=O)/C=C/c2ccc(C(=O)Oc3ccc(OCCCC(F)(F)C(F)(F)F)cc3)cc2)cc1. The number of hydrogen-bond donors (Lipinski definition) is 4. The number of anilines is 2. The first-order valence-electron chi connectivity index (χ1n) is 24.6. The third kappa shape index (κ3) is 17.2. The second-order valence-electron chi connectivity index (χ2n) is 18.6. The van der Waals surface area contributed by atoms with E-state index in [4.69, 9.17) is 30.4 Å². The van der Waals surface area contributed by atoms with Gasteiger partial charge < -0.3 is 40.6 Å². The third-order valence-electron chi connectivity index (χ3n) is 12.5. The number of hydrogen-bond acceptors (Lipinski definition) is 12. The molecular weight excluding hydrogens is 1090 g/mol. The van der Waals surface area contributed by atoms with Crippen molar-refractivity contribution in [2.24, 2.45) is 5.41 Å². The fraction of sp³-hybridized carbons (Fsp3) is 0.254. The number of carbonyl (C=O) groups is 4. The number of esters is 2. The number of halogens is 10. The normalized spacial score (nSPS) is 13.2. The lowest BCUT2D eigenvalue weighted by atomic mass is 9.66. The molecule has 0 bridgehead atoms. The van der Waals surface area contributed by atoms with Crippen LogP contribution in [-0.2, 0) is 22.4 Å². The van der Waals surface area contributed by atoms with E-state index in [0.29, 0.717) is 33.6 Å². The van der Waals surface area contributed by atoms with Crippen LogP contribution in [0.4, 0.5) is 55.3 Å². The Balaban J connectivity index is 1.12. The summed E-state index contributed by atoms with van der Waals surface area (Å²) >= 11 is 0. The molecule has 12 nitrogen and oxygen atoms in total. The van der Waals surface area contributed by atoms with Gasteiger partial charge in [-0.2, -0.15) is 43.9 Å². The molecular formula is C59H52F10N2O10. The van der Waals surface area contributed by atoms with Gasteiger partial charge in [0.25, 0.3) is 0 Å². The fourth-order valence-electron chi connectivity index (χ4n) is 7.99. The summed E-state index contributed by atoms with van der Waals surface area (Å²) in [7, 11) is 0. The molecule has 0 radical (unpaired) electrons. The first-order valence-corrected chi connectivity index (χ1v) is 24.6. The van der Waals surface area contributed by atoms with Crippen molar-refractivity contribution >= 4 is 47.0 Å². The van der Waals surface area contributed by atoms with Crippen LogP contribution in [0.1, 0.15) is 68.7 Å². The highest BCUT2D eigenvalue weighted by atomic mass is 19.4. The summed E-state index contributed by atoms with van der Waals surface area (Å²) in [5.74, 6) is -12.8. The molecule has 6 rings (SSSR count). The molecule has 2 unspecified atom stereocenters. The Morgan fingerprint density at radius 3 is 1.06 bits per heavy atom. The van der Waals surface area contributed by atoms with Crippen LogP contribution in [0.25, 0.3) is 12.2 Å². The van der Waals surface area contributed by atoms with Gasteiger partial charge in [0.2, 0.25) is 0 Å². The van der Waals surface area contributed by atoms with E-state index in [-0.39, 0.29) is 47.0 Å². The Bertz CT molecular complexity index is 2920. The molecule has 6 aromatic carbocycles. The molecule has 2 atom stereocenters. The third-order valence-corrected chi connectivity index (χ3v) is 12.5. The number of benzene rings is 6. The minimum absolute atomic E-state index is 0.0521. The predicted molar refractivity (Wildman–Crippen MR) is 279 cm³/mol. The van der Waals surface area contributed by atoms with Crippen molar-refractivity contribution in [3.63, 3.8) is 0 Å². The highest BCUT2D eigenvalue weighted by Crippen LogP contribution is 2.41. The van der Waals surface area contributed by atoms with Gasteiger partial charge in [0.15, 0.2) is 11.6 Å². The molecule has 6 aromatic rings. The molecule has 81 heavy (non-hydrogen) atoms. The van der Waals surface area contributed by atoms with Gasteiger partial charge >= 0.3 is 36.1 Å². The van der Waals surface area contributed by atoms with Crippen molar-refractivity contribution < 1.29 is 92.2 Å². The second-order valence-corrected chi connectivity index (χ2v) is 18.6. The number of ketones is 2. The molecule has 22 heteroatoms. The van der Waals surface area contributed by atoms with Crippen LogP contribution >= 0.6 is 0 Å². The lowest BCUT2D eigenvalue weighted by Crippen LogP contribution is -2.54. The number of ether oxygens (including phenoxy) is 4. The molecule has 0 heterocycles. The maximum Gasteiger partial charge on any atom is 0.453 e. The summed E-state index contributed by atoms with van der Waals surface area (Å²) in [6.07, 6.45) is -15.2. The van der Waals surface area contributed by atoms with Crippen molar-refractivity contribution in [1.82, 2.24) is 0 Å². The van der Waals surface area contributed by atoms with Gasteiger partial charge in [-0.15, -0.1) is 0 Å². The second kappa shape index (κ2) is 26.6. The fourth-order valence-corrected chi connectivity index (χ4v) is 7.99. The number of aliphatic hydroxyl groups is 2. The van der Waals surface area contributed by atoms with Crippen LogP contribution in [0.2, 0.25) is 0 Å². The van der Waals surface area contributed by atoms with E-state index in [2.05, 4.69) is 0 Å². The predicted octanol–water partition coefficient (Wildman–Crippen LogP) is 12.1. The van der Waals surface area contributed by atoms with E-state index in [9.17, 15) is 73.3 Å². The first-order chi connectivity index (χ1) is 38.1. The average molecular weight is 1140 g/mol. The Morgan fingerprint density at radius 2 is 0.753 bits per heavy atom. The summed E-state index contributed by atoms with van der Waals surface area (Å²) in [5.41, 5.74) is 12.6. The summed E-state index contributed by atoms with van der Waals surface area (Å²) in [5, 5.41) is 24.4. The maximum absolute atomic E-state index is 14.2. The molecule has 0 aliphatic carbocycles. The zero-order valence-electron chi connectivity index (χ0n) is 42.6. The minimum Gasteiger partial charge on any atom is -0.494 e. The molecule has 428 valence electrons. The Kier molecular flexibility index (Phi) is 20.3. The molecule has 0 saturated heterocycles. The molecule has 0 spiro atoms. The maximum atomic E-state index is 14.2. The topological polar surface area (TPSA) is 198 Å². The number of carbonyl (C=O) groups excluding carboxylic acids is 4. The van der Waals surface area contributed by atoms with E-state index in [1.807, 2.05) is 0 Å². The van der Waals surface area contributed by atoms with Crippen LogP contribution in [0, 0.1) is 5.41 Å². The number of nitrogen functional groups attached to an aromatic ring is 2. The molecule has 0 amide bonds. The largest absolute Gasteiger partial charge is 0.494 e. The highest BCUT2D eigenvalue weighted by molar-refractivity contribution is 6.01. The van der Waals surface area contributed by atoms with Crippen molar-refractivity contribution in [1.29, 1.82) is 0 Å².